The zero-order valence-electron chi connectivity index (χ0n) is 19.4. The minimum absolute atomic E-state index is 0.284. The highest BCUT2D eigenvalue weighted by atomic mass is 19.1. The number of pyridine rings is 1. The maximum atomic E-state index is 13.4. The average molecular weight is 457 g/mol. The molecular weight excluding hydrogens is 423 g/mol. The second kappa shape index (κ2) is 10.9. The molecule has 0 unspecified atom stereocenters. The smallest absolute Gasteiger partial charge is 0.219 e. The highest BCUT2D eigenvalue weighted by Gasteiger charge is 2.21. The molecule has 2 aromatic heterocycles. The van der Waals surface area contributed by atoms with Gasteiger partial charge < -0.3 is 19.7 Å². The van der Waals surface area contributed by atoms with Gasteiger partial charge >= 0.3 is 0 Å². The molecular formula is C24H33FN6O2. The van der Waals surface area contributed by atoms with Crippen LogP contribution in [0.25, 0.3) is 0 Å². The van der Waals surface area contributed by atoms with Crippen LogP contribution in [-0.2, 0) is 18.0 Å². The zero-order valence-corrected chi connectivity index (χ0v) is 19.4. The Balaban J connectivity index is 1.52. The first-order valence-corrected chi connectivity index (χ1v) is 11.5. The Kier molecular flexibility index (Phi) is 7.72. The number of ether oxygens (including phenoxy) is 2. The number of hydrogen-bond acceptors (Lipinski definition) is 7. The van der Waals surface area contributed by atoms with E-state index in [-0.39, 0.29) is 5.88 Å². The van der Waals surface area contributed by atoms with Crippen LogP contribution in [0.2, 0.25) is 0 Å². The summed E-state index contributed by atoms with van der Waals surface area (Å²) in [6.45, 7) is 3.60. The summed E-state index contributed by atoms with van der Waals surface area (Å²) < 4.78 is 26.2. The van der Waals surface area contributed by atoms with Gasteiger partial charge in [0.15, 0.2) is 0 Å². The summed E-state index contributed by atoms with van der Waals surface area (Å²) in [5, 5.41) is 16.8. The molecule has 0 aliphatic carbocycles. The topological polar surface area (TPSA) is 88.3 Å². The monoisotopic (exact) mass is 456 g/mol. The van der Waals surface area contributed by atoms with Crippen molar-refractivity contribution < 1.29 is 13.9 Å². The number of nitrogens with zero attached hydrogens (tertiary/aromatic N) is 4. The molecule has 0 saturated carbocycles. The van der Waals surface area contributed by atoms with E-state index in [1.165, 1.54) is 20.0 Å². The first-order valence-electron chi connectivity index (χ1n) is 11.5. The molecule has 8 nitrogen and oxygen atoms in total. The molecule has 2 aliphatic heterocycles. The molecule has 2 aliphatic rings. The van der Waals surface area contributed by atoms with Crippen LogP contribution in [0.3, 0.4) is 0 Å². The zero-order chi connectivity index (χ0) is 23.2. The second-order valence-corrected chi connectivity index (χ2v) is 8.79. The first-order chi connectivity index (χ1) is 16.1. The maximum absolute atomic E-state index is 13.4. The van der Waals surface area contributed by atoms with E-state index in [0.29, 0.717) is 48.9 Å². The summed E-state index contributed by atoms with van der Waals surface area (Å²) in [5.74, 6) is 0.907. The number of anilines is 1. The van der Waals surface area contributed by atoms with Crippen molar-refractivity contribution in [1.29, 1.82) is 5.41 Å². The average Bonchev–Trinajstić information content (AvgIpc) is 3.18. The third-order valence-corrected chi connectivity index (χ3v) is 6.42. The largest absolute Gasteiger partial charge is 0.481 e. The normalized spacial score (nSPS) is 18.3. The van der Waals surface area contributed by atoms with Crippen molar-refractivity contribution in [2.24, 2.45) is 5.92 Å². The predicted octanol–water partition coefficient (Wildman–Crippen LogP) is 3.64. The Morgan fingerprint density at radius 2 is 2.06 bits per heavy atom. The standard InChI is InChI=1S/C24H33FN6O2/c1-30-7-3-17(4-8-30)15-31-16-19(13-28-31)23(26)21-5-9-33-10-6-22(21)29-20-11-18(12-25)24(32-2)27-14-20/h11,13-14,16-17,26,29H,3-10,12,15H2,1-2H3. The molecule has 0 radical (unpaired) electrons. The van der Waals surface area contributed by atoms with Gasteiger partial charge in [-0.2, -0.15) is 5.10 Å². The molecule has 4 heterocycles. The van der Waals surface area contributed by atoms with E-state index in [4.69, 9.17) is 14.9 Å². The Labute approximate surface area is 194 Å². The van der Waals surface area contributed by atoms with E-state index in [1.807, 2.05) is 10.9 Å². The molecule has 4 rings (SSSR count). The van der Waals surface area contributed by atoms with Crippen LogP contribution >= 0.6 is 0 Å². The minimum Gasteiger partial charge on any atom is -0.481 e. The van der Waals surface area contributed by atoms with Gasteiger partial charge in [0.05, 0.1) is 44.1 Å². The highest BCUT2D eigenvalue weighted by Crippen LogP contribution is 2.26. The van der Waals surface area contributed by atoms with Crippen LogP contribution in [0.5, 0.6) is 5.88 Å². The Bertz CT molecular complexity index is 997. The lowest BCUT2D eigenvalue weighted by Gasteiger charge is -2.28. The van der Waals surface area contributed by atoms with Crippen molar-refractivity contribution in [2.75, 3.05) is 45.8 Å². The molecule has 2 aromatic rings. The quantitative estimate of drug-likeness (QED) is 0.590. The Hall–Kier alpha value is -2.78. The predicted molar refractivity (Wildman–Crippen MR) is 126 cm³/mol. The molecule has 0 amide bonds. The van der Waals surface area contributed by atoms with Gasteiger partial charge in [-0.05, 0) is 57.0 Å². The summed E-state index contributed by atoms with van der Waals surface area (Å²) in [6, 6.07) is 1.70. The van der Waals surface area contributed by atoms with Crippen LogP contribution in [0.15, 0.2) is 35.9 Å². The molecule has 2 N–H and O–H groups in total. The van der Waals surface area contributed by atoms with Crippen molar-refractivity contribution >= 4 is 11.4 Å². The SMILES string of the molecule is COc1ncc(NC2=C(C(=N)c3cnn(CC4CCN(C)CC4)c3)CCOCC2)cc1CF. The molecule has 178 valence electrons. The summed E-state index contributed by atoms with van der Waals surface area (Å²) in [4.78, 5) is 6.57. The van der Waals surface area contributed by atoms with Gasteiger partial charge in [0, 0.05) is 36.0 Å². The molecule has 33 heavy (non-hydrogen) atoms. The van der Waals surface area contributed by atoms with Gasteiger partial charge in [-0.25, -0.2) is 9.37 Å². The molecule has 1 fully saturated rings. The third kappa shape index (κ3) is 5.78. The number of halogens is 1. The third-order valence-electron chi connectivity index (χ3n) is 6.42. The van der Waals surface area contributed by atoms with Crippen molar-refractivity contribution in [2.45, 2.75) is 38.9 Å². The molecule has 9 heteroatoms. The molecule has 1 saturated heterocycles. The van der Waals surface area contributed by atoms with Crippen molar-refractivity contribution in [3.63, 3.8) is 0 Å². The lowest BCUT2D eigenvalue weighted by atomic mass is 9.97. The van der Waals surface area contributed by atoms with E-state index < -0.39 is 6.67 Å². The van der Waals surface area contributed by atoms with Crippen LogP contribution in [0.1, 0.15) is 36.8 Å². The van der Waals surface area contributed by atoms with Gasteiger partial charge in [0.2, 0.25) is 5.88 Å². The summed E-state index contributed by atoms with van der Waals surface area (Å²) in [7, 11) is 3.64. The number of methoxy groups -OCH3 is 1. The number of rotatable bonds is 8. The van der Waals surface area contributed by atoms with Crippen molar-refractivity contribution in [1.82, 2.24) is 19.7 Å². The summed E-state index contributed by atoms with van der Waals surface area (Å²) in [6.07, 6.45) is 9.00. The fraction of sp³-hybridized carbons (Fsp3) is 0.542. The number of nitrogens with one attached hydrogen (secondary N) is 2. The van der Waals surface area contributed by atoms with Gasteiger partial charge in [0.25, 0.3) is 0 Å². The number of likely N-dealkylation sites (tertiary alicyclic amines) is 1. The van der Waals surface area contributed by atoms with Gasteiger partial charge in [-0.1, -0.05) is 0 Å². The number of aromatic nitrogens is 3. The first kappa shape index (κ1) is 23.4. The van der Waals surface area contributed by atoms with Gasteiger partial charge in [-0.15, -0.1) is 0 Å². The number of alkyl halides is 1. The van der Waals surface area contributed by atoms with Crippen LogP contribution in [-0.4, -0.2) is 65.8 Å². The Morgan fingerprint density at radius 3 is 2.82 bits per heavy atom. The fourth-order valence-electron chi connectivity index (χ4n) is 4.46. The lowest BCUT2D eigenvalue weighted by molar-refractivity contribution is 0.146. The fourth-order valence-corrected chi connectivity index (χ4v) is 4.46. The lowest BCUT2D eigenvalue weighted by Crippen LogP contribution is -2.31. The minimum atomic E-state index is -0.660. The second-order valence-electron chi connectivity index (χ2n) is 8.79. The molecule has 0 atom stereocenters. The van der Waals surface area contributed by atoms with Crippen molar-refractivity contribution in [3.8, 4) is 5.88 Å². The molecule has 0 aromatic carbocycles. The van der Waals surface area contributed by atoms with E-state index in [2.05, 4.69) is 27.3 Å². The molecule has 0 bridgehead atoms. The Morgan fingerprint density at radius 1 is 1.27 bits per heavy atom. The van der Waals surface area contributed by atoms with Crippen LogP contribution < -0.4 is 10.1 Å². The van der Waals surface area contributed by atoms with Crippen molar-refractivity contribution in [3.05, 3.63) is 47.1 Å². The summed E-state index contributed by atoms with van der Waals surface area (Å²) >= 11 is 0. The summed E-state index contributed by atoms with van der Waals surface area (Å²) in [5.41, 5.74) is 4.10. The molecule has 0 spiro atoms. The van der Waals surface area contributed by atoms with Gasteiger partial charge in [-0.3, -0.25) is 10.1 Å². The van der Waals surface area contributed by atoms with E-state index in [1.54, 1.807) is 18.5 Å². The highest BCUT2D eigenvalue weighted by molar-refractivity contribution is 6.11. The van der Waals surface area contributed by atoms with Gasteiger partial charge in [0.1, 0.15) is 6.67 Å². The van der Waals surface area contributed by atoms with Crippen LogP contribution in [0.4, 0.5) is 10.1 Å². The number of hydrogen-bond donors (Lipinski definition) is 2. The van der Waals surface area contributed by atoms with E-state index in [0.717, 1.165) is 36.5 Å². The van der Waals surface area contributed by atoms with E-state index in [9.17, 15) is 4.39 Å². The van der Waals surface area contributed by atoms with Crippen LogP contribution in [0, 0.1) is 11.3 Å². The maximum Gasteiger partial charge on any atom is 0.219 e. The number of piperidine rings is 1. The van der Waals surface area contributed by atoms with E-state index >= 15 is 0 Å².